The zero-order valence-electron chi connectivity index (χ0n) is 8.98. The second-order valence-corrected chi connectivity index (χ2v) is 3.27. The van der Waals surface area contributed by atoms with Crippen LogP contribution in [0.2, 0.25) is 0 Å². The molecule has 2 aromatic rings. The van der Waals surface area contributed by atoms with Crippen LogP contribution in [-0.2, 0) is 6.54 Å². The Hall–Kier alpha value is -1.69. The number of nitrogens with one attached hydrogen (secondary N) is 1. The van der Waals surface area contributed by atoms with E-state index in [1.54, 1.807) is 10.9 Å². The molecule has 0 unspecified atom stereocenters. The third kappa shape index (κ3) is 1.89. The summed E-state index contributed by atoms with van der Waals surface area (Å²) in [6.45, 7) is 4.37. The van der Waals surface area contributed by atoms with Crippen LogP contribution in [0.1, 0.15) is 17.3 Å². The van der Waals surface area contributed by atoms with Crippen LogP contribution in [0.15, 0.2) is 10.7 Å². The van der Waals surface area contributed by atoms with Gasteiger partial charge < -0.3 is 9.73 Å². The Balaban J connectivity index is 2.32. The lowest BCUT2D eigenvalue weighted by atomic mass is 10.5. The van der Waals surface area contributed by atoms with Gasteiger partial charge in [0.1, 0.15) is 17.9 Å². The van der Waals surface area contributed by atoms with Gasteiger partial charge in [0.15, 0.2) is 0 Å². The van der Waals surface area contributed by atoms with Crippen molar-refractivity contribution in [3.05, 3.63) is 23.6 Å². The normalized spacial score (nSPS) is 10.9. The van der Waals surface area contributed by atoms with Gasteiger partial charge in [-0.1, -0.05) is 0 Å². The smallest absolute Gasteiger partial charge is 0.324 e. The minimum absolute atomic E-state index is 0.457. The maximum Gasteiger partial charge on any atom is 0.324 e. The quantitative estimate of drug-likeness (QED) is 0.797. The van der Waals surface area contributed by atoms with E-state index in [9.17, 15) is 0 Å². The second-order valence-electron chi connectivity index (χ2n) is 3.27. The molecule has 0 atom stereocenters. The number of hydrogen-bond acceptors (Lipinski definition) is 5. The van der Waals surface area contributed by atoms with Gasteiger partial charge in [0.25, 0.3) is 0 Å². The number of nitrogens with zero attached hydrogens (tertiary/aromatic N) is 4. The highest BCUT2D eigenvalue weighted by Gasteiger charge is 2.10. The van der Waals surface area contributed by atoms with E-state index in [0.717, 1.165) is 11.5 Å². The minimum atomic E-state index is 0.457. The molecule has 0 aliphatic carbocycles. The van der Waals surface area contributed by atoms with Gasteiger partial charge in [-0.25, -0.2) is 4.98 Å². The predicted molar refractivity (Wildman–Crippen MR) is 53.7 cm³/mol. The summed E-state index contributed by atoms with van der Waals surface area (Å²) < 4.78 is 6.90. The van der Waals surface area contributed by atoms with Gasteiger partial charge in [-0.2, -0.15) is 9.67 Å². The standard InChI is InChI=1S/C9H13N5O/c1-6-11-7(2)14(13-6)9-12-8(4-10-3)5-15-9/h5,10H,4H2,1-3H3. The number of rotatable bonds is 3. The zero-order valence-corrected chi connectivity index (χ0v) is 8.98. The first-order valence-corrected chi connectivity index (χ1v) is 4.70. The lowest BCUT2D eigenvalue weighted by Gasteiger charge is -1.94. The van der Waals surface area contributed by atoms with Crippen molar-refractivity contribution in [3.63, 3.8) is 0 Å². The molecule has 0 aliphatic heterocycles. The molecule has 1 N–H and O–H groups in total. The van der Waals surface area contributed by atoms with Crippen molar-refractivity contribution < 1.29 is 4.42 Å². The first-order chi connectivity index (χ1) is 7.20. The van der Waals surface area contributed by atoms with Crippen molar-refractivity contribution in [2.75, 3.05) is 7.05 Å². The highest BCUT2D eigenvalue weighted by molar-refractivity contribution is 5.11. The molecule has 2 rings (SSSR count). The van der Waals surface area contributed by atoms with Gasteiger partial charge in [-0.05, 0) is 20.9 Å². The lowest BCUT2D eigenvalue weighted by molar-refractivity contribution is 0.503. The lowest BCUT2D eigenvalue weighted by Crippen LogP contribution is -2.06. The topological polar surface area (TPSA) is 68.8 Å². The van der Waals surface area contributed by atoms with E-state index >= 15 is 0 Å². The number of hydrogen-bond donors (Lipinski definition) is 1. The summed E-state index contributed by atoms with van der Waals surface area (Å²) >= 11 is 0. The Morgan fingerprint density at radius 1 is 1.40 bits per heavy atom. The van der Waals surface area contributed by atoms with Crippen LogP contribution in [0.5, 0.6) is 0 Å². The molecule has 0 amide bonds. The van der Waals surface area contributed by atoms with Gasteiger partial charge in [-0.15, -0.1) is 5.10 Å². The number of aryl methyl sites for hydroxylation is 2. The summed E-state index contributed by atoms with van der Waals surface area (Å²) in [5.41, 5.74) is 0.847. The van der Waals surface area contributed by atoms with Crippen LogP contribution in [-0.4, -0.2) is 26.8 Å². The fraction of sp³-hybridized carbons (Fsp3) is 0.444. The monoisotopic (exact) mass is 207 g/mol. The van der Waals surface area contributed by atoms with E-state index in [2.05, 4.69) is 20.4 Å². The van der Waals surface area contributed by atoms with E-state index in [-0.39, 0.29) is 0 Å². The number of aromatic nitrogens is 4. The first-order valence-electron chi connectivity index (χ1n) is 4.70. The van der Waals surface area contributed by atoms with E-state index in [1.165, 1.54) is 0 Å². The SMILES string of the molecule is CNCc1coc(-n2nc(C)nc2C)n1. The zero-order chi connectivity index (χ0) is 10.8. The van der Waals surface area contributed by atoms with Crippen LogP contribution >= 0.6 is 0 Å². The molecule has 0 saturated heterocycles. The van der Waals surface area contributed by atoms with Gasteiger partial charge >= 0.3 is 6.01 Å². The average Bonchev–Trinajstić information content (AvgIpc) is 2.73. The van der Waals surface area contributed by atoms with Crippen LogP contribution in [0.25, 0.3) is 6.01 Å². The molecule has 0 spiro atoms. The maximum absolute atomic E-state index is 5.31. The van der Waals surface area contributed by atoms with Crippen molar-refractivity contribution in [2.45, 2.75) is 20.4 Å². The summed E-state index contributed by atoms with van der Waals surface area (Å²) in [6, 6.07) is 0.457. The third-order valence-electron chi connectivity index (χ3n) is 1.95. The van der Waals surface area contributed by atoms with Gasteiger partial charge in [0, 0.05) is 6.54 Å². The van der Waals surface area contributed by atoms with E-state index in [0.29, 0.717) is 18.4 Å². The summed E-state index contributed by atoms with van der Waals surface area (Å²) in [5, 5.41) is 7.18. The Kier molecular flexibility index (Phi) is 2.51. The largest absolute Gasteiger partial charge is 0.430 e. The Labute approximate surface area is 87.3 Å². The van der Waals surface area contributed by atoms with Gasteiger partial charge in [0.2, 0.25) is 0 Å². The molecular formula is C9H13N5O. The molecule has 0 fully saturated rings. The molecule has 0 saturated carbocycles. The van der Waals surface area contributed by atoms with E-state index in [1.807, 2.05) is 20.9 Å². The Morgan fingerprint density at radius 2 is 2.20 bits per heavy atom. The Morgan fingerprint density at radius 3 is 2.80 bits per heavy atom. The third-order valence-corrected chi connectivity index (χ3v) is 1.95. The van der Waals surface area contributed by atoms with E-state index in [4.69, 9.17) is 4.42 Å². The molecule has 0 aromatic carbocycles. The predicted octanol–water partition coefficient (Wildman–Crippen LogP) is 0.592. The van der Waals surface area contributed by atoms with Crippen molar-refractivity contribution in [1.82, 2.24) is 25.1 Å². The minimum Gasteiger partial charge on any atom is -0.430 e. The van der Waals surface area contributed by atoms with Crippen LogP contribution in [0.3, 0.4) is 0 Å². The van der Waals surface area contributed by atoms with E-state index < -0.39 is 0 Å². The van der Waals surface area contributed by atoms with Crippen LogP contribution < -0.4 is 5.32 Å². The molecule has 0 radical (unpaired) electrons. The summed E-state index contributed by atoms with van der Waals surface area (Å²) in [6.07, 6.45) is 1.61. The first kappa shape index (κ1) is 9.85. The van der Waals surface area contributed by atoms with Crippen molar-refractivity contribution in [2.24, 2.45) is 0 Å². The van der Waals surface area contributed by atoms with Crippen LogP contribution in [0.4, 0.5) is 0 Å². The summed E-state index contributed by atoms with van der Waals surface area (Å²) in [4.78, 5) is 8.45. The molecule has 0 aliphatic rings. The molecule has 80 valence electrons. The molecule has 0 bridgehead atoms. The second kappa shape index (κ2) is 3.82. The summed E-state index contributed by atoms with van der Waals surface area (Å²) in [7, 11) is 1.86. The Bertz CT molecular complexity index is 459. The van der Waals surface area contributed by atoms with Crippen LogP contribution in [0, 0.1) is 13.8 Å². The van der Waals surface area contributed by atoms with Crippen molar-refractivity contribution >= 4 is 0 Å². The average molecular weight is 207 g/mol. The highest BCUT2D eigenvalue weighted by Crippen LogP contribution is 2.09. The fourth-order valence-corrected chi connectivity index (χ4v) is 1.36. The van der Waals surface area contributed by atoms with Gasteiger partial charge in [0.05, 0.1) is 5.69 Å². The summed E-state index contributed by atoms with van der Waals surface area (Å²) in [5.74, 6) is 1.48. The van der Waals surface area contributed by atoms with Crippen molar-refractivity contribution in [1.29, 1.82) is 0 Å². The molecule has 2 heterocycles. The van der Waals surface area contributed by atoms with Crippen molar-refractivity contribution in [3.8, 4) is 6.01 Å². The molecule has 2 aromatic heterocycles. The molecule has 6 heteroatoms. The molecule has 6 nitrogen and oxygen atoms in total. The maximum atomic E-state index is 5.31. The molecular weight excluding hydrogens is 194 g/mol. The molecule has 15 heavy (non-hydrogen) atoms. The fourth-order valence-electron chi connectivity index (χ4n) is 1.36. The number of oxazole rings is 1. The highest BCUT2D eigenvalue weighted by atomic mass is 16.4. The van der Waals surface area contributed by atoms with Gasteiger partial charge in [-0.3, -0.25) is 0 Å².